The van der Waals surface area contributed by atoms with Crippen LogP contribution >= 0.6 is 0 Å². The van der Waals surface area contributed by atoms with Crippen molar-refractivity contribution in [1.29, 1.82) is 0 Å². The Hall–Kier alpha value is -2.69. The van der Waals surface area contributed by atoms with Gasteiger partial charge in [-0.25, -0.2) is 4.79 Å². The molecule has 0 radical (unpaired) electrons. The molecule has 1 aromatic carbocycles. The minimum absolute atomic E-state index is 0.0136. The Labute approximate surface area is 161 Å². The number of aliphatic hydroxyl groups excluding tert-OH is 1. The van der Waals surface area contributed by atoms with Crippen LogP contribution in [0.3, 0.4) is 0 Å². The van der Waals surface area contributed by atoms with Crippen molar-refractivity contribution in [3.05, 3.63) is 29.3 Å². The molecule has 1 heterocycles. The molecule has 154 valence electrons. The van der Waals surface area contributed by atoms with Gasteiger partial charge in [0.05, 0.1) is 11.7 Å². The monoisotopic (exact) mass is 396 g/mol. The molecule has 3 unspecified atom stereocenters. The molecule has 28 heavy (non-hydrogen) atoms. The van der Waals surface area contributed by atoms with Crippen molar-refractivity contribution in [2.24, 2.45) is 0 Å². The molecule has 0 spiro atoms. The standard InChI is InChI=1S/C18H24N2O8/c1-19-4-5-20-17(23)13-6-11(9-26-10-21)2-3-14(13)27-16-8-12(22)7-15(28-16)18(24)25/h2-3,6,10,12,15-16,19,22H,4-5,7-9H2,1H3,(H,20,23)(H,24,25). The SMILES string of the molecule is CNCCNC(=O)c1cc(COC=O)ccc1OC1CC(O)CC(C(=O)O)O1. The summed E-state index contributed by atoms with van der Waals surface area (Å²) < 4.78 is 15.8. The van der Waals surface area contributed by atoms with E-state index in [-0.39, 0.29) is 30.8 Å². The lowest BCUT2D eigenvalue weighted by Crippen LogP contribution is -2.42. The van der Waals surface area contributed by atoms with Crippen LogP contribution in [0.1, 0.15) is 28.8 Å². The molecule has 0 bridgehead atoms. The second-order valence-electron chi connectivity index (χ2n) is 6.23. The largest absolute Gasteiger partial charge is 0.479 e. The van der Waals surface area contributed by atoms with Crippen molar-refractivity contribution < 1.29 is 38.8 Å². The maximum atomic E-state index is 12.5. The third-order valence-electron chi connectivity index (χ3n) is 4.07. The van der Waals surface area contributed by atoms with Gasteiger partial charge in [-0.1, -0.05) is 6.07 Å². The van der Waals surface area contributed by atoms with Gasteiger partial charge in [0.2, 0.25) is 6.29 Å². The fourth-order valence-electron chi connectivity index (χ4n) is 2.71. The summed E-state index contributed by atoms with van der Waals surface area (Å²) in [6.07, 6.45) is -3.07. The van der Waals surface area contributed by atoms with Crippen molar-refractivity contribution in [3.63, 3.8) is 0 Å². The van der Waals surface area contributed by atoms with Gasteiger partial charge in [0.1, 0.15) is 12.4 Å². The van der Waals surface area contributed by atoms with Gasteiger partial charge in [-0.15, -0.1) is 0 Å². The van der Waals surface area contributed by atoms with Gasteiger partial charge in [0.25, 0.3) is 12.4 Å². The van der Waals surface area contributed by atoms with Gasteiger partial charge < -0.3 is 35.1 Å². The Morgan fingerprint density at radius 3 is 2.79 bits per heavy atom. The number of amides is 1. The summed E-state index contributed by atoms with van der Waals surface area (Å²) in [4.78, 5) is 34.1. The van der Waals surface area contributed by atoms with E-state index in [1.165, 1.54) is 12.1 Å². The molecule has 1 saturated heterocycles. The first-order chi connectivity index (χ1) is 13.4. The van der Waals surface area contributed by atoms with Gasteiger partial charge in [-0.3, -0.25) is 9.59 Å². The van der Waals surface area contributed by atoms with Crippen molar-refractivity contribution in [2.75, 3.05) is 20.1 Å². The number of carbonyl (C=O) groups excluding carboxylic acids is 2. The second kappa shape index (κ2) is 10.6. The van der Waals surface area contributed by atoms with Crippen LogP contribution in [0.5, 0.6) is 5.75 Å². The number of hydrogen-bond donors (Lipinski definition) is 4. The average Bonchev–Trinajstić information content (AvgIpc) is 2.66. The number of carboxylic acid groups (broad SMARTS) is 1. The molecule has 2 rings (SSSR count). The molecular formula is C18H24N2O8. The number of likely N-dealkylation sites (N-methyl/N-ethyl adjacent to an activating group) is 1. The quantitative estimate of drug-likeness (QED) is 0.308. The minimum atomic E-state index is -1.20. The highest BCUT2D eigenvalue weighted by Crippen LogP contribution is 2.27. The molecule has 4 N–H and O–H groups in total. The maximum absolute atomic E-state index is 12.5. The molecule has 0 aliphatic carbocycles. The zero-order valence-corrected chi connectivity index (χ0v) is 15.4. The lowest BCUT2D eigenvalue weighted by molar-refractivity contribution is -0.195. The van der Waals surface area contributed by atoms with E-state index in [4.69, 9.17) is 19.3 Å². The molecule has 3 atom stereocenters. The predicted octanol–water partition coefficient (Wildman–Crippen LogP) is -0.362. The van der Waals surface area contributed by atoms with E-state index in [1.807, 2.05) is 0 Å². The Morgan fingerprint density at radius 2 is 2.11 bits per heavy atom. The normalized spacial score (nSPS) is 21.6. The van der Waals surface area contributed by atoms with E-state index in [1.54, 1.807) is 13.1 Å². The fraction of sp³-hybridized carbons (Fsp3) is 0.500. The zero-order valence-electron chi connectivity index (χ0n) is 15.4. The summed E-state index contributed by atoms with van der Waals surface area (Å²) in [5.74, 6) is -1.44. The van der Waals surface area contributed by atoms with Crippen LogP contribution in [0.4, 0.5) is 0 Å². The number of ether oxygens (including phenoxy) is 3. The summed E-state index contributed by atoms with van der Waals surface area (Å²) in [5, 5.41) is 24.6. The summed E-state index contributed by atoms with van der Waals surface area (Å²) in [7, 11) is 1.75. The lowest BCUT2D eigenvalue weighted by Gasteiger charge is -2.31. The fourth-order valence-corrected chi connectivity index (χ4v) is 2.71. The number of carboxylic acids is 1. The van der Waals surface area contributed by atoms with E-state index < -0.39 is 30.4 Å². The number of hydrogen-bond acceptors (Lipinski definition) is 8. The number of rotatable bonds is 10. The van der Waals surface area contributed by atoms with Crippen LogP contribution in [-0.2, 0) is 25.7 Å². The second-order valence-corrected chi connectivity index (χ2v) is 6.23. The van der Waals surface area contributed by atoms with Crippen LogP contribution < -0.4 is 15.4 Å². The van der Waals surface area contributed by atoms with E-state index in [0.29, 0.717) is 25.1 Å². The minimum Gasteiger partial charge on any atom is -0.479 e. The van der Waals surface area contributed by atoms with Crippen LogP contribution in [0.2, 0.25) is 0 Å². The Morgan fingerprint density at radius 1 is 1.32 bits per heavy atom. The Bertz CT molecular complexity index is 696. The van der Waals surface area contributed by atoms with E-state index in [2.05, 4.69) is 10.6 Å². The highest BCUT2D eigenvalue weighted by molar-refractivity contribution is 5.97. The Balaban J connectivity index is 2.19. The molecule has 0 saturated carbocycles. The van der Waals surface area contributed by atoms with E-state index >= 15 is 0 Å². The van der Waals surface area contributed by atoms with Crippen LogP contribution in [0, 0.1) is 0 Å². The van der Waals surface area contributed by atoms with E-state index in [0.717, 1.165) is 0 Å². The van der Waals surface area contributed by atoms with Crippen molar-refractivity contribution in [3.8, 4) is 5.75 Å². The summed E-state index contributed by atoms with van der Waals surface area (Å²) >= 11 is 0. The van der Waals surface area contributed by atoms with Crippen LogP contribution in [-0.4, -0.2) is 67.2 Å². The van der Waals surface area contributed by atoms with Gasteiger partial charge in [-0.05, 0) is 24.7 Å². The number of carbonyl (C=O) groups is 3. The highest BCUT2D eigenvalue weighted by Gasteiger charge is 2.34. The summed E-state index contributed by atoms with van der Waals surface area (Å²) in [5.41, 5.74) is 0.755. The van der Waals surface area contributed by atoms with Gasteiger partial charge in [0.15, 0.2) is 6.10 Å². The number of nitrogens with one attached hydrogen (secondary N) is 2. The third kappa shape index (κ3) is 6.19. The van der Waals surface area contributed by atoms with Crippen molar-refractivity contribution in [2.45, 2.75) is 37.9 Å². The molecule has 1 aromatic rings. The van der Waals surface area contributed by atoms with Crippen molar-refractivity contribution >= 4 is 18.3 Å². The highest BCUT2D eigenvalue weighted by atomic mass is 16.7. The van der Waals surface area contributed by atoms with Gasteiger partial charge in [-0.2, -0.15) is 0 Å². The first-order valence-electron chi connectivity index (χ1n) is 8.78. The topological polar surface area (TPSA) is 143 Å². The molecule has 10 nitrogen and oxygen atoms in total. The first-order valence-corrected chi connectivity index (χ1v) is 8.78. The number of aliphatic hydroxyl groups is 1. The molecule has 1 fully saturated rings. The first kappa shape index (κ1) is 21.6. The molecule has 0 aromatic heterocycles. The molecule has 1 aliphatic heterocycles. The van der Waals surface area contributed by atoms with Crippen LogP contribution in [0.25, 0.3) is 0 Å². The smallest absolute Gasteiger partial charge is 0.333 e. The number of benzene rings is 1. The average molecular weight is 396 g/mol. The van der Waals surface area contributed by atoms with E-state index in [9.17, 15) is 19.5 Å². The van der Waals surface area contributed by atoms with Gasteiger partial charge in [0, 0.05) is 25.9 Å². The number of aliphatic carboxylic acids is 1. The summed E-state index contributed by atoms with van der Waals surface area (Å²) in [6.45, 7) is 1.23. The molecule has 1 aliphatic rings. The zero-order chi connectivity index (χ0) is 20.5. The molecule has 10 heteroatoms. The molecule has 1 amide bonds. The maximum Gasteiger partial charge on any atom is 0.333 e. The predicted molar refractivity (Wildman–Crippen MR) is 95.7 cm³/mol. The summed E-state index contributed by atoms with van der Waals surface area (Å²) in [6, 6.07) is 4.63. The Kier molecular flexibility index (Phi) is 8.18. The van der Waals surface area contributed by atoms with Crippen LogP contribution in [0.15, 0.2) is 18.2 Å². The van der Waals surface area contributed by atoms with Gasteiger partial charge >= 0.3 is 5.97 Å². The lowest BCUT2D eigenvalue weighted by atomic mass is 10.0. The third-order valence-corrected chi connectivity index (χ3v) is 4.07. The molecular weight excluding hydrogens is 372 g/mol. The van der Waals surface area contributed by atoms with Crippen molar-refractivity contribution in [1.82, 2.24) is 10.6 Å².